The van der Waals surface area contributed by atoms with Crippen molar-refractivity contribution >= 4 is 15.0 Å². The third kappa shape index (κ3) is 8.25. The Labute approximate surface area is 57.8 Å². The van der Waals surface area contributed by atoms with E-state index < -0.39 is 7.14 Å². The monoisotopic (exact) mass is 146 g/mol. The standard InChI is InChI=1S/C5H12BO2P/c1-9(2,7)5-8-4-3-6/h3-5H2,1-2H3. The Morgan fingerprint density at radius 2 is 2.11 bits per heavy atom. The molecular formula is C5H12BO2P. The average molecular weight is 146 g/mol. The van der Waals surface area contributed by atoms with Gasteiger partial charge in [0.05, 0.1) is 14.2 Å². The maximum absolute atomic E-state index is 10.9. The van der Waals surface area contributed by atoms with Gasteiger partial charge in [-0.1, -0.05) is 6.32 Å². The van der Waals surface area contributed by atoms with E-state index >= 15 is 0 Å². The summed E-state index contributed by atoms with van der Waals surface area (Å²) in [5.41, 5.74) is 0. The molecule has 0 aliphatic rings. The van der Waals surface area contributed by atoms with Gasteiger partial charge in [-0.3, -0.25) is 0 Å². The Morgan fingerprint density at radius 3 is 2.44 bits per heavy atom. The highest BCUT2D eigenvalue weighted by Gasteiger charge is 2.04. The highest BCUT2D eigenvalue weighted by atomic mass is 31.2. The van der Waals surface area contributed by atoms with Crippen LogP contribution in [0.25, 0.3) is 0 Å². The van der Waals surface area contributed by atoms with Crippen LogP contribution in [0.15, 0.2) is 0 Å². The second-order valence-corrected chi connectivity index (χ2v) is 5.81. The van der Waals surface area contributed by atoms with E-state index in [0.717, 1.165) is 0 Å². The lowest BCUT2D eigenvalue weighted by atomic mass is 10.1. The quantitative estimate of drug-likeness (QED) is 0.338. The third-order valence-corrected chi connectivity index (χ3v) is 1.47. The van der Waals surface area contributed by atoms with Crippen LogP contribution in [0.4, 0.5) is 0 Å². The molecule has 4 heteroatoms. The summed E-state index contributed by atoms with van der Waals surface area (Å²) in [7, 11) is 3.17. The normalized spacial score (nSPS) is 11.8. The van der Waals surface area contributed by atoms with E-state index in [0.29, 0.717) is 19.3 Å². The van der Waals surface area contributed by atoms with Crippen LogP contribution in [-0.2, 0) is 9.30 Å². The Morgan fingerprint density at radius 1 is 1.56 bits per heavy atom. The second kappa shape index (κ2) is 4.13. The molecule has 0 saturated carbocycles. The lowest BCUT2D eigenvalue weighted by molar-refractivity contribution is 0.192. The van der Waals surface area contributed by atoms with Crippen molar-refractivity contribution in [2.24, 2.45) is 0 Å². The highest BCUT2D eigenvalue weighted by molar-refractivity contribution is 7.62. The van der Waals surface area contributed by atoms with Gasteiger partial charge in [0, 0.05) is 6.61 Å². The topological polar surface area (TPSA) is 26.3 Å². The predicted octanol–water partition coefficient (Wildman–Crippen LogP) is 1.17. The van der Waals surface area contributed by atoms with Gasteiger partial charge in [0.2, 0.25) is 0 Å². The van der Waals surface area contributed by atoms with Gasteiger partial charge in [0.1, 0.15) is 7.14 Å². The highest BCUT2D eigenvalue weighted by Crippen LogP contribution is 2.35. The number of hydrogen-bond acceptors (Lipinski definition) is 2. The van der Waals surface area contributed by atoms with Crippen molar-refractivity contribution in [3.8, 4) is 0 Å². The molecule has 0 unspecified atom stereocenters. The summed E-state index contributed by atoms with van der Waals surface area (Å²) in [6.07, 6.45) is 0.851. The molecule has 2 radical (unpaired) electrons. The van der Waals surface area contributed by atoms with Crippen LogP contribution in [0.1, 0.15) is 0 Å². The first-order valence-corrected chi connectivity index (χ1v) is 5.67. The van der Waals surface area contributed by atoms with Crippen LogP contribution in [0.5, 0.6) is 0 Å². The van der Waals surface area contributed by atoms with Gasteiger partial charge >= 0.3 is 0 Å². The minimum atomic E-state index is -1.97. The zero-order valence-electron chi connectivity index (χ0n) is 5.96. The Kier molecular flexibility index (Phi) is 4.25. The van der Waals surface area contributed by atoms with E-state index in [9.17, 15) is 4.57 Å². The maximum Gasteiger partial charge on any atom is 0.106 e. The summed E-state index contributed by atoms with van der Waals surface area (Å²) in [6.45, 7) is 3.90. The minimum absolute atomic E-state index is 0.351. The average Bonchev–Trinajstić information content (AvgIpc) is 1.63. The van der Waals surface area contributed by atoms with Gasteiger partial charge in [-0.25, -0.2) is 0 Å². The first-order chi connectivity index (χ1) is 4.06. The number of rotatable bonds is 4. The molecule has 0 aromatic carbocycles. The molecule has 0 atom stereocenters. The van der Waals surface area contributed by atoms with E-state index in [1.807, 2.05) is 0 Å². The van der Waals surface area contributed by atoms with Crippen LogP contribution in [0.3, 0.4) is 0 Å². The molecule has 0 heterocycles. The van der Waals surface area contributed by atoms with Gasteiger partial charge in [-0.15, -0.1) is 0 Å². The largest absolute Gasteiger partial charge is 0.375 e. The first-order valence-electron chi connectivity index (χ1n) is 2.88. The van der Waals surface area contributed by atoms with Crippen molar-refractivity contribution in [3.63, 3.8) is 0 Å². The van der Waals surface area contributed by atoms with Crippen LogP contribution in [0.2, 0.25) is 6.32 Å². The molecule has 0 aromatic rings. The molecular weight excluding hydrogens is 134 g/mol. The number of ether oxygens (including phenoxy) is 1. The van der Waals surface area contributed by atoms with Gasteiger partial charge < -0.3 is 9.30 Å². The van der Waals surface area contributed by atoms with Crippen molar-refractivity contribution in [2.45, 2.75) is 6.32 Å². The van der Waals surface area contributed by atoms with Gasteiger partial charge in [-0.05, 0) is 13.3 Å². The van der Waals surface area contributed by atoms with Crippen molar-refractivity contribution in [3.05, 3.63) is 0 Å². The second-order valence-electron chi connectivity index (χ2n) is 2.40. The zero-order chi connectivity index (χ0) is 7.33. The lowest BCUT2D eigenvalue weighted by Crippen LogP contribution is -1.95. The van der Waals surface area contributed by atoms with Crippen LogP contribution in [-0.4, -0.2) is 34.1 Å². The third-order valence-electron chi connectivity index (χ3n) is 0.664. The molecule has 0 rings (SSSR count). The summed E-state index contributed by atoms with van der Waals surface area (Å²) < 4.78 is 15.9. The molecule has 0 spiro atoms. The lowest BCUT2D eigenvalue weighted by Gasteiger charge is -2.05. The molecule has 0 saturated heterocycles. The summed E-state index contributed by atoms with van der Waals surface area (Å²) in [5.74, 6) is 0. The molecule has 52 valence electrons. The summed E-state index contributed by atoms with van der Waals surface area (Å²) in [6, 6.07) is 0. The molecule has 2 nitrogen and oxygen atoms in total. The molecule has 0 aliphatic heterocycles. The van der Waals surface area contributed by atoms with Gasteiger partial charge in [0.25, 0.3) is 0 Å². The molecule has 9 heavy (non-hydrogen) atoms. The van der Waals surface area contributed by atoms with E-state index in [-0.39, 0.29) is 0 Å². The molecule has 0 aliphatic carbocycles. The van der Waals surface area contributed by atoms with Crippen molar-refractivity contribution in [1.82, 2.24) is 0 Å². The minimum Gasteiger partial charge on any atom is -0.375 e. The fourth-order valence-corrected chi connectivity index (χ4v) is 0.937. The van der Waals surface area contributed by atoms with E-state index in [1.54, 1.807) is 13.3 Å². The summed E-state index contributed by atoms with van der Waals surface area (Å²) in [4.78, 5) is 0. The molecule has 0 amide bonds. The zero-order valence-corrected chi connectivity index (χ0v) is 6.86. The molecule has 0 bridgehead atoms. The molecule has 0 aromatic heterocycles. The fourth-order valence-electron chi connectivity index (χ4n) is 0.368. The summed E-state index contributed by atoms with van der Waals surface area (Å²) >= 11 is 0. The molecule has 0 N–H and O–H groups in total. The Hall–Kier alpha value is 0.255. The van der Waals surface area contributed by atoms with Crippen molar-refractivity contribution < 1.29 is 9.30 Å². The Balaban J connectivity index is 3.18. The Bertz CT molecular complexity index is 110. The first kappa shape index (κ1) is 9.25. The fraction of sp³-hybridized carbons (Fsp3) is 1.00. The number of hydrogen-bond donors (Lipinski definition) is 0. The van der Waals surface area contributed by atoms with Gasteiger partial charge in [-0.2, -0.15) is 0 Å². The summed E-state index contributed by atoms with van der Waals surface area (Å²) in [5, 5.41) is 0. The van der Waals surface area contributed by atoms with E-state index in [4.69, 9.17) is 12.6 Å². The molecule has 0 fully saturated rings. The maximum atomic E-state index is 10.9. The van der Waals surface area contributed by atoms with E-state index in [1.165, 1.54) is 0 Å². The van der Waals surface area contributed by atoms with Crippen LogP contribution in [0, 0.1) is 0 Å². The predicted molar refractivity (Wildman–Crippen MR) is 40.8 cm³/mol. The van der Waals surface area contributed by atoms with Crippen LogP contribution >= 0.6 is 7.14 Å². The van der Waals surface area contributed by atoms with Crippen LogP contribution < -0.4 is 0 Å². The van der Waals surface area contributed by atoms with E-state index in [2.05, 4.69) is 0 Å². The smallest absolute Gasteiger partial charge is 0.106 e. The SMILES string of the molecule is [B]CCOCP(C)(C)=O. The van der Waals surface area contributed by atoms with Gasteiger partial charge in [0.15, 0.2) is 0 Å². The van der Waals surface area contributed by atoms with Crippen molar-refractivity contribution in [1.29, 1.82) is 0 Å². The van der Waals surface area contributed by atoms with Crippen molar-refractivity contribution in [2.75, 3.05) is 26.3 Å².